The summed E-state index contributed by atoms with van der Waals surface area (Å²) in [5, 5.41) is 10.6. The van der Waals surface area contributed by atoms with Crippen LogP contribution in [0.4, 0.5) is 0 Å². The molecule has 132 valence electrons. The van der Waals surface area contributed by atoms with Gasteiger partial charge in [-0.15, -0.1) is 0 Å². The van der Waals surface area contributed by atoms with Gasteiger partial charge in [-0.3, -0.25) is 9.88 Å². The van der Waals surface area contributed by atoms with E-state index in [0.29, 0.717) is 12.5 Å². The molecule has 1 atom stereocenters. The van der Waals surface area contributed by atoms with Crippen molar-refractivity contribution in [3.05, 3.63) is 71.6 Å². The van der Waals surface area contributed by atoms with Gasteiger partial charge in [-0.2, -0.15) is 0 Å². The van der Waals surface area contributed by atoms with Gasteiger partial charge in [0, 0.05) is 43.2 Å². The third-order valence-electron chi connectivity index (χ3n) is 4.34. The summed E-state index contributed by atoms with van der Waals surface area (Å²) in [6, 6.07) is 9.69. The van der Waals surface area contributed by atoms with E-state index in [1.54, 1.807) is 12.4 Å². The lowest BCUT2D eigenvalue weighted by molar-refractivity contribution is 0.219. The molecule has 1 N–H and O–H groups in total. The number of benzene rings is 1. The lowest BCUT2D eigenvalue weighted by atomic mass is 10.0. The van der Waals surface area contributed by atoms with Gasteiger partial charge in [0.15, 0.2) is 0 Å². The summed E-state index contributed by atoms with van der Waals surface area (Å²) in [6.07, 6.45) is 7.20. The van der Waals surface area contributed by atoms with Crippen LogP contribution >= 0.6 is 0 Å². The van der Waals surface area contributed by atoms with Crippen LogP contribution < -0.4 is 4.74 Å². The van der Waals surface area contributed by atoms with E-state index in [2.05, 4.69) is 41.9 Å². The summed E-state index contributed by atoms with van der Waals surface area (Å²) >= 11 is 0. The van der Waals surface area contributed by atoms with E-state index in [-0.39, 0.29) is 0 Å². The summed E-state index contributed by atoms with van der Waals surface area (Å²) in [7, 11) is 0. The molecule has 0 spiro atoms. The van der Waals surface area contributed by atoms with Crippen LogP contribution in [0, 0.1) is 5.92 Å². The minimum atomic E-state index is -0.670. The lowest BCUT2D eigenvalue weighted by Gasteiger charge is -2.18. The standard InChI is InChI=1S/C21H26N2O2/c1-16(2)5-4-10-23-11-12-25-20-8-7-17(13-19(20)15-23)21(24)18-6-3-9-22-14-18/h3-9,13-14,16,21,24H,10-12,15H2,1-2H3. The SMILES string of the molecule is CC(C)C=CCN1CCOc2ccc(C(O)c3cccnc3)cc2C1. The molecule has 1 aliphatic heterocycles. The molecule has 1 aromatic heterocycles. The fourth-order valence-corrected chi connectivity index (χ4v) is 3.01. The Morgan fingerprint density at radius 1 is 1.28 bits per heavy atom. The van der Waals surface area contributed by atoms with Crippen LogP contribution in [0.1, 0.15) is 36.6 Å². The summed E-state index contributed by atoms with van der Waals surface area (Å²) in [5.74, 6) is 1.48. The highest BCUT2D eigenvalue weighted by Crippen LogP contribution is 2.29. The second-order valence-corrected chi connectivity index (χ2v) is 6.81. The van der Waals surface area contributed by atoms with Crippen LogP contribution in [-0.4, -0.2) is 34.7 Å². The Morgan fingerprint density at radius 3 is 2.92 bits per heavy atom. The van der Waals surface area contributed by atoms with E-state index in [4.69, 9.17) is 4.74 Å². The molecule has 0 radical (unpaired) electrons. The average Bonchev–Trinajstić information content (AvgIpc) is 2.82. The fourth-order valence-electron chi connectivity index (χ4n) is 3.01. The number of fused-ring (bicyclic) bond motifs is 1. The zero-order valence-corrected chi connectivity index (χ0v) is 14.9. The Hall–Kier alpha value is -2.17. The number of hydrogen-bond donors (Lipinski definition) is 1. The fraction of sp³-hybridized carbons (Fsp3) is 0.381. The topological polar surface area (TPSA) is 45.6 Å². The van der Waals surface area contributed by atoms with Crippen molar-refractivity contribution in [3.63, 3.8) is 0 Å². The Labute approximate surface area is 149 Å². The van der Waals surface area contributed by atoms with Crippen molar-refractivity contribution >= 4 is 0 Å². The number of aliphatic hydroxyl groups is 1. The molecule has 0 saturated carbocycles. The van der Waals surface area contributed by atoms with Gasteiger partial charge in [-0.1, -0.05) is 38.1 Å². The first kappa shape index (κ1) is 17.6. The third kappa shape index (κ3) is 4.68. The van der Waals surface area contributed by atoms with E-state index >= 15 is 0 Å². The molecule has 0 bridgehead atoms. The normalized spacial score (nSPS) is 16.5. The number of pyridine rings is 1. The van der Waals surface area contributed by atoms with Crippen LogP contribution in [0.3, 0.4) is 0 Å². The van der Waals surface area contributed by atoms with Crippen LogP contribution in [-0.2, 0) is 6.54 Å². The van der Waals surface area contributed by atoms with Crippen LogP contribution in [0.25, 0.3) is 0 Å². The monoisotopic (exact) mass is 338 g/mol. The molecule has 1 unspecified atom stereocenters. The average molecular weight is 338 g/mol. The third-order valence-corrected chi connectivity index (χ3v) is 4.34. The van der Waals surface area contributed by atoms with Crippen molar-refractivity contribution in [2.24, 2.45) is 5.92 Å². The Bertz CT molecular complexity index is 713. The second kappa shape index (κ2) is 8.28. The molecule has 2 aromatic rings. The molecule has 0 amide bonds. The first-order valence-corrected chi connectivity index (χ1v) is 8.86. The van der Waals surface area contributed by atoms with Gasteiger partial charge in [0.1, 0.15) is 18.5 Å². The maximum atomic E-state index is 10.6. The summed E-state index contributed by atoms with van der Waals surface area (Å²) < 4.78 is 5.89. The van der Waals surface area contributed by atoms with Crippen LogP contribution in [0.15, 0.2) is 54.9 Å². The van der Waals surface area contributed by atoms with Gasteiger partial charge < -0.3 is 9.84 Å². The molecule has 0 aliphatic carbocycles. The molecule has 0 saturated heterocycles. The van der Waals surface area contributed by atoms with E-state index in [0.717, 1.165) is 42.1 Å². The van der Waals surface area contributed by atoms with Crippen molar-refractivity contribution < 1.29 is 9.84 Å². The molecule has 0 fully saturated rings. The van der Waals surface area contributed by atoms with Gasteiger partial charge >= 0.3 is 0 Å². The van der Waals surface area contributed by atoms with E-state index < -0.39 is 6.10 Å². The second-order valence-electron chi connectivity index (χ2n) is 6.81. The number of aromatic nitrogens is 1. The van der Waals surface area contributed by atoms with Gasteiger partial charge in [-0.25, -0.2) is 0 Å². The number of rotatable bonds is 5. The molecule has 1 aliphatic rings. The largest absolute Gasteiger partial charge is 0.492 e. The minimum absolute atomic E-state index is 0.566. The lowest BCUT2D eigenvalue weighted by Crippen LogP contribution is -2.25. The first-order chi connectivity index (χ1) is 12.1. The van der Waals surface area contributed by atoms with Gasteiger partial charge in [0.25, 0.3) is 0 Å². The highest BCUT2D eigenvalue weighted by Gasteiger charge is 2.18. The zero-order valence-electron chi connectivity index (χ0n) is 14.9. The van der Waals surface area contributed by atoms with Crippen molar-refractivity contribution in [2.45, 2.75) is 26.5 Å². The van der Waals surface area contributed by atoms with Gasteiger partial charge in [0.05, 0.1) is 0 Å². The predicted molar refractivity (Wildman–Crippen MR) is 99.5 cm³/mol. The van der Waals surface area contributed by atoms with E-state index in [9.17, 15) is 5.11 Å². The quantitative estimate of drug-likeness (QED) is 0.847. The minimum Gasteiger partial charge on any atom is -0.492 e. The smallest absolute Gasteiger partial charge is 0.123 e. The van der Waals surface area contributed by atoms with Gasteiger partial charge in [-0.05, 0) is 29.7 Å². The summed E-state index contributed by atoms with van der Waals surface area (Å²) in [4.78, 5) is 6.46. The van der Waals surface area contributed by atoms with Crippen molar-refractivity contribution in [2.75, 3.05) is 19.7 Å². The van der Waals surface area contributed by atoms with Crippen LogP contribution in [0.5, 0.6) is 5.75 Å². The molecule has 3 rings (SSSR count). The Balaban J connectivity index is 1.77. The van der Waals surface area contributed by atoms with Crippen molar-refractivity contribution in [3.8, 4) is 5.75 Å². The molecular weight excluding hydrogens is 312 g/mol. The zero-order chi connectivity index (χ0) is 17.6. The number of ether oxygens (including phenoxy) is 1. The number of aliphatic hydroxyl groups excluding tert-OH is 1. The van der Waals surface area contributed by atoms with E-state index in [1.165, 1.54) is 0 Å². The maximum absolute atomic E-state index is 10.6. The predicted octanol–water partition coefficient (Wildman–Crippen LogP) is 3.57. The van der Waals surface area contributed by atoms with Crippen molar-refractivity contribution in [1.82, 2.24) is 9.88 Å². The van der Waals surface area contributed by atoms with Crippen molar-refractivity contribution in [1.29, 1.82) is 0 Å². The molecule has 4 nitrogen and oxygen atoms in total. The van der Waals surface area contributed by atoms with E-state index in [1.807, 2.05) is 24.3 Å². The molecule has 1 aromatic carbocycles. The Morgan fingerprint density at radius 2 is 2.16 bits per heavy atom. The highest BCUT2D eigenvalue weighted by molar-refractivity contribution is 5.40. The number of nitrogens with zero attached hydrogens (tertiary/aromatic N) is 2. The summed E-state index contributed by atoms with van der Waals surface area (Å²) in [5.41, 5.74) is 2.79. The first-order valence-electron chi connectivity index (χ1n) is 8.86. The molecule has 4 heteroatoms. The molecule has 25 heavy (non-hydrogen) atoms. The molecular formula is C21H26N2O2. The number of hydrogen-bond acceptors (Lipinski definition) is 4. The number of allylic oxidation sites excluding steroid dienone is 1. The molecule has 2 heterocycles. The van der Waals surface area contributed by atoms with Gasteiger partial charge in [0.2, 0.25) is 0 Å². The maximum Gasteiger partial charge on any atom is 0.123 e. The Kier molecular flexibility index (Phi) is 5.84. The summed E-state index contributed by atoms with van der Waals surface area (Å²) in [6.45, 7) is 7.69. The van der Waals surface area contributed by atoms with Crippen LogP contribution in [0.2, 0.25) is 0 Å². The highest BCUT2D eigenvalue weighted by atomic mass is 16.5.